The van der Waals surface area contributed by atoms with Gasteiger partial charge in [0.25, 0.3) is 0 Å². The van der Waals surface area contributed by atoms with E-state index in [9.17, 15) is 0 Å². The number of aromatic nitrogens is 2. The Balaban J connectivity index is 0.000000960. The average Bonchev–Trinajstić information content (AvgIpc) is 2.55. The fraction of sp³-hybridized carbons (Fsp3) is 0.0588. The molecule has 3 heterocycles. The summed E-state index contributed by atoms with van der Waals surface area (Å²) in [6.07, 6.45) is 3.85. The van der Waals surface area contributed by atoms with Gasteiger partial charge in [-0.15, -0.1) is 0 Å². The van der Waals surface area contributed by atoms with Gasteiger partial charge in [-0.2, -0.15) is 0 Å². The first-order chi connectivity index (χ1) is 10.4. The molecule has 0 amide bonds. The number of hydrogen-bond acceptors (Lipinski definition) is 2. The second-order valence-electron chi connectivity index (χ2n) is 4.99. The zero-order valence-corrected chi connectivity index (χ0v) is 14.5. The van der Waals surface area contributed by atoms with Gasteiger partial charge in [-0.25, -0.2) is 14.9 Å². The van der Waals surface area contributed by atoms with Crippen LogP contribution in [0.2, 0.25) is 0 Å². The van der Waals surface area contributed by atoms with Crippen LogP contribution in [0.4, 0.5) is 11.5 Å². The van der Waals surface area contributed by atoms with Crippen LogP contribution in [0.25, 0.3) is 0 Å². The molecule has 2 N–H and O–H groups in total. The number of nitrogens with one attached hydrogen (secondary N) is 2. The van der Waals surface area contributed by atoms with Crippen molar-refractivity contribution < 1.29 is 34.7 Å². The van der Waals surface area contributed by atoms with Gasteiger partial charge in [0.15, 0.2) is 18.4 Å². The molecule has 0 radical (unpaired) electrons. The van der Waals surface area contributed by atoms with E-state index in [1.165, 1.54) is 26.1 Å². The van der Waals surface area contributed by atoms with Gasteiger partial charge in [-0.3, -0.25) is 0 Å². The summed E-state index contributed by atoms with van der Waals surface area (Å²) in [7, 11) is 0. The van der Waals surface area contributed by atoms with Crippen molar-refractivity contribution in [2.75, 3.05) is 0 Å². The molecule has 0 bridgehead atoms. The van der Waals surface area contributed by atoms with Crippen molar-refractivity contribution in [3.05, 3.63) is 72.7 Å². The third-order valence-electron chi connectivity index (χ3n) is 3.63. The molecular formula is C17H15Cl2N3S. The van der Waals surface area contributed by atoms with E-state index >= 15 is 0 Å². The third-order valence-corrected chi connectivity index (χ3v) is 4.75. The van der Waals surface area contributed by atoms with Crippen LogP contribution in [-0.2, 0) is 6.54 Å². The quantitative estimate of drug-likeness (QED) is 0.510. The first-order valence-electron chi connectivity index (χ1n) is 6.96. The van der Waals surface area contributed by atoms with Crippen molar-refractivity contribution in [2.24, 2.45) is 0 Å². The van der Waals surface area contributed by atoms with Crippen molar-refractivity contribution in [3.63, 3.8) is 0 Å². The van der Waals surface area contributed by atoms with E-state index in [1.807, 2.05) is 24.5 Å². The Hall–Kier alpha value is -1.59. The number of quaternary nitrogens is 1. The van der Waals surface area contributed by atoms with E-state index in [2.05, 4.69) is 52.4 Å². The van der Waals surface area contributed by atoms with Crippen molar-refractivity contribution >= 4 is 23.3 Å². The van der Waals surface area contributed by atoms with Crippen LogP contribution in [0.3, 0.4) is 0 Å². The maximum atomic E-state index is 4.62. The Labute approximate surface area is 152 Å². The number of halogens is 2. The lowest BCUT2D eigenvalue weighted by molar-refractivity contribution is -0.789. The number of H-pyrrole nitrogens is 1. The van der Waals surface area contributed by atoms with Gasteiger partial charge in [0.05, 0.1) is 9.79 Å². The highest BCUT2D eigenvalue weighted by atomic mass is 35.5. The third kappa shape index (κ3) is 3.51. The molecule has 0 saturated carbocycles. The highest BCUT2D eigenvalue weighted by molar-refractivity contribution is 7.99. The lowest BCUT2D eigenvalue weighted by Crippen LogP contribution is -3.02. The lowest BCUT2D eigenvalue weighted by atomic mass is 10.2. The molecule has 6 heteroatoms. The highest BCUT2D eigenvalue weighted by Crippen LogP contribution is 2.38. The van der Waals surface area contributed by atoms with Gasteiger partial charge in [-0.1, -0.05) is 23.9 Å². The summed E-state index contributed by atoms with van der Waals surface area (Å²) in [5.74, 6) is 1.11. The molecule has 1 unspecified atom stereocenters. The van der Waals surface area contributed by atoms with Gasteiger partial charge in [0.2, 0.25) is 11.5 Å². The molecule has 1 aromatic carbocycles. The Morgan fingerprint density at radius 3 is 2.52 bits per heavy atom. The molecule has 23 heavy (non-hydrogen) atoms. The lowest BCUT2D eigenvalue weighted by Gasteiger charge is -2.24. The van der Waals surface area contributed by atoms with Crippen molar-refractivity contribution in [3.8, 4) is 0 Å². The highest BCUT2D eigenvalue weighted by Gasteiger charge is 2.31. The number of hydrogen-bond donors (Lipinski definition) is 1. The number of rotatable bonds is 2. The smallest absolute Gasteiger partial charge is 0.245 e. The Kier molecular flexibility index (Phi) is 6.02. The summed E-state index contributed by atoms with van der Waals surface area (Å²) in [5, 5.41) is 0. The van der Waals surface area contributed by atoms with E-state index in [1.54, 1.807) is 11.8 Å². The van der Waals surface area contributed by atoms with E-state index in [4.69, 9.17) is 0 Å². The van der Waals surface area contributed by atoms with Crippen LogP contribution >= 0.6 is 11.8 Å². The predicted molar refractivity (Wildman–Crippen MR) is 81.8 cm³/mol. The largest absolute Gasteiger partial charge is 1.00 e. The summed E-state index contributed by atoms with van der Waals surface area (Å²) in [4.78, 5) is 11.8. The van der Waals surface area contributed by atoms with Gasteiger partial charge in [0, 0.05) is 24.4 Å². The number of para-hydroxylation sites is 1. The van der Waals surface area contributed by atoms with Crippen LogP contribution in [0.15, 0.2) is 76.8 Å². The van der Waals surface area contributed by atoms with Crippen LogP contribution in [0.5, 0.6) is 0 Å². The molecule has 2 aromatic heterocycles. The minimum atomic E-state index is 0. The monoisotopic (exact) mass is 363 g/mol. The van der Waals surface area contributed by atoms with Gasteiger partial charge < -0.3 is 24.8 Å². The summed E-state index contributed by atoms with van der Waals surface area (Å²) in [6.45, 7) is 0.864. The predicted octanol–water partition coefficient (Wildman–Crippen LogP) is -3.58. The van der Waals surface area contributed by atoms with Crippen molar-refractivity contribution in [1.29, 1.82) is 0 Å². The van der Waals surface area contributed by atoms with E-state index in [-0.39, 0.29) is 24.8 Å². The maximum absolute atomic E-state index is 4.62. The normalized spacial score (nSPS) is 14.7. The Bertz CT molecular complexity index is 738. The fourth-order valence-electron chi connectivity index (χ4n) is 2.66. The van der Waals surface area contributed by atoms with Crippen LogP contribution in [0, 0.1) is 0 Å². The molecule has 3 aromatic rings. The van der Waals surface area contributed by atoms with Crippen LogP contribution in [-0.4, -0.2) is 4.98 Å². The van der Waals surface area contributed by atoms with Gasteiger partial charge >= 0.3 is 0 Å². The number of fused-ring (bicyclic) bond motifs is 2. The zero-order chi connectivity index (χ0) is 14.1. The number of pyridine rings is 2. The molecule has 0 aliphatic carbocycles. The van der Waals surface area contributed by atoms with Crippen LogP contribution < -0.4 is 34.7 Å². The first kappa shape index (κ1) is 17.8. The number of nitrogens with zero attached hydrogens (tertiary/aromatic N) is 1. The molecule has 118 valence electrons. The van der Waals surface area contributed by atoms with Crippen molar-refractivity contribution in [2.45, 2.75) is 16.3 Å². The second-order valence-corrected chi connectivity index (χ2v) is 6.08. The number of benzene rings is 1. The molecule has 3 nitrogen and oxygen atoms in total. The SMILES string of the molecule is [Cl-].[Cl-].c1ccc(C[NH+]2c3ccccc3Sc3cccnc32)[nH+]c1. The Morgan fingerprint density at radius 1 is 0.913 bits per heavy atom. The second kappa shape index (κ2) is 7.79. The summed E-state index contributed by atoms with van der Waals surface area (Å²) in [5.41, 5.74) is 2.50. The topological polar surface area (TPSA) is 31.5 Å². The zero-order valence-electron chi connectivity index (χ0n) is 12.2. The van der Waals surface area contributed by atoms with E-state index < -0.39 is 0 Å². The van der Waals surface area contributed by atoms with E-state index in [0.29, 0.717) is 0 Å². The molecule has 1 atom stereocenters. The summed E-state index contributed by atoms with van der Waals surface area (Å²) >= 11 is 1.80. The molecule has 0 spiro atoms. The molecule has 4 rings (SSSR count). The minimum Gasteiger partial charge on any atom is -1.00 e. The first-order valence-corrected chi connectivity index (χ1v) is 7.77. The molecule has 1 aliphatic heterocycles. The van der Waals surface area contributed by atoms with Gasteiger partial charge in [-0.05, 0) is 24.3 Å². The van der Waals surface area contributed by atoms with Gasteiger partial charge in [0.1, 0.15) is 0 Å². The molecular weight excluding hydrogens is 349 g/mol. The van der Waals surface area contributed by atoms with E-state index in [0.717, 1.165) is 12.4 Å². The standard InChI is InChI=1S/C17H13N3S.2ClH/c1-2-8-15-14(7-1)20(12-13-6-3-4-10-18-13)17-16(21-15)9-5-11-19-17;;/h1-11H,12H2;2*1H. The summed E-state index contributed by atoms with van der Waals surface area (Å²) < 4.78 is 0. The van der Waals surface area contributed by atoms with Crippen molar-refractivity contribution in [1.82, 2.24) is 4.98 Å². The summed E-state index contributed by atoms with van der Waals surface area (Å²) in [6, 6.07) is 18.9. The number of aromatic amines is 1. The Morgan fingerprint density at radius 2 is 1.70 bits per heavy atom. The molecule has 1 aliphatic rings. The van der Waals surface area contributed by atoms with Crippen LogP contribution in [0.1, 0.15) is 5.69 Å². The molecule has 0 fully saturated rings. The maximum Gasteiger partial charge on any atom is 0.245 e. The molecule has 0 saturated heterocycles. The minimum absolute atomic E-state index is 0. The average molecular weight is 364 g/mol. The fourth-order valence-corrected chi connectivity index (χ4v) is 3.76.